The van der Waals surface area contributed by atoms with E-state index in [2.05, 4.69) is 5.10 Å². The number of aliphatic hydroxyl groups excluding tert-OH is 1. The Kier molecular flexibility index (Phi) is 8.25. The molecule has 0 saturated heterocycles. The van der Waals surface area contributed by atoms with Crippen LogP contribution in [0.1, 0.15) is 49.8 Å². The van der Waals surface area contributed by atoms with Gasteiger partial charge in [0.2, 0.25) is 0 Å². The summed E-state index contributed by atoms with van der Waals surface area (Å²) in [6.45, 7) is 1.09. The summed E-state index contributed by atoms with van der Waals surface area (Å²) < 4.78 is 57.2. The Morgan fingerprint density at radius 1 is 1.29 bits per heavy atom. The molecule has 2 aromatic carbocycles. The van der Waals surface area contributed by atoms with Crippen LogP contribution in [0.25, 0.3) is 11.6 Å². The number of hydrogen-bond acceptors (Lipinski definition) is 7. The average molecular weight is 606 g/mol. The lowest BCUT2D eigenvalue weighted by Gasteiger charge is -2.35. The van der Waals surface area contributed by atoms with Crippen LogP contribution in [0.2, 0.25) is 5.02 Å². The molecule has 10 nitrogen and oxygen atoms in total. The minimum atomic E-state index is -4.29. The van der Waals surface area contributed by atoms with Gasteiger partial charge in [0, 0.05) is 18.2 Å². The first-order chi connectivity index (χ1) is 19.6. The molecule has 1 atom stereocenters. The maximum absolute atomic E-state index is 14.5. The van der Waals surface area contributed by atoms with Crippen LogP contribution in [0.5, 0.6) is 11.6 Å². The Balaban J connectivity index is 1.57. The zero-order valence-electron chi connectivity index (χ0n) is 22.2. The Morgan fingerprint density at radius 3 is 2.76 bits per heavy atom. The second kappa shape index (κ2) is 11.7. The molecule has 3 aromatic rings. The van der Waals surface area contributed by atoms with Crippen LogP contribution in [-0.4, -0.2) is 60.2 Å². The Labute approximate surface area is 241 Å². The zero-order chi connectivity index (χ0) is 29.3. The van der Waals surface area contributed by atoms with Gasteiger partial charge in [-0.1, -0.05) is 29.8 Å². The van der Waals surface area contributed by atoms with Gasteiger partial charge in [-0.15, -0.1) is 5.10 Å². The van der Waals surface area contributed by atoms with Gasteiger partial charge >= 0.3 is 5.97 Å². The van der Waals surface area contributed by atoms with E-state index in [4.69, 9.17) is 21.1 Å². The highest BCUT2D eigenvalue weighted by Gasteiger charge is 2.39. The van der Waals surface area contributed by atoms with Crippen LogP contribution in [0.15, 0.2) is 47.5 Å². The van der Waals surface area contributed by atoms with Crippen LogP contribution in [-0.2, 0) is 14.8 Å². The molecule has 0 radical (unpaired) electrons. The molecule has 13 heteroatoms. The van der Waals surface area contributed by atoms with Gasteiger partial charge in [0.05, 0.1) is 29.9 Å². The number of halogens is 2. The Hall–Kier alpha value is -3.61. The fourth-order valence-corrected chi connectivity index (χ4v) is 6.58. The number of aliphatic hydroxyl groups is 1. The van der Waals surface area contributed by atoms with Crippen molar-refractivity contribution in [2.24, 2.45) is 0 Å². The van der Waals surface area contributed by atoms with Crippen molar-refractivity contribution in [2.45, 2.75) is 49.6 Å². The van der Waals surface area contributed by atoms with Crippen molar-refractivity contribution in [1.29, 1.82) is 0 Å². The van der Waals surface area contributed by atoms with E-state index in [9.17, 15) is 27.8 Å². The van der Waals surface area contributed by atoms with E-state index in [1.807, 2.05) is 0 Å². The number of carboxylic acid groups (broad SMARTS) is 1. The number of fused-ring (bicyclic) bond motifs is 1. The molecule has 0 spiro atoms. The molecule has 0 bridgehead atoms. The van der Waals surface area contributed by atoms with Crippen molar-refractivity contribution in [3.63, 3.8) is 0 Å². The summed E-state index contributed by atoms with van der Waals surface area (Å²) in [4.78, 5) is 11.1. The molecule has 1 aliphatic carbocycles. The minimum Gasteiger partial charge on any atom is -0.486 e. The molecule has 41 heavy (non-hydrogen) atoms. The van der Waals surface area contributed by atoms with Gasteiger partial charge in [-0.25, -0.2) is 12.8 Å². The average Bonchev–Trinajstić information content (AvgIpc) is 3.68. The van der Waals surface area contributed by atoms with Crippen LogP contribution in [0.3, 0.4) is 0 Å². The van der Waals surface area contributed by atoms with Crippen molar-refractivity contribution in [2.75, 3.05) is 24.1 Å². The first-order valence-electron chi connectivity index (χ1n) is 13.1. The van der Waals surface area contributed by atoms with Gasteiger partial charge in [-0.3, -0.25) is 13.8 Å². The van der Waals surface area contributed by atoms with Crippen molar-refractivity contribution < 1.29 is 37.3 Å². The van der Waals surface area contributed by atoms with E-state index in [1.165, 1.54) is 22.6 Å². The first-order valence-corrected chi connectivity index (χ1v) is 14.9. The third kappa shape index (κ3) is 6.19. The highest BCUT2D eigenvalue weighted by Crippen LogP contribution is 2.42. The number of benzene rings is 2. The van der Waals surface area contributed by atoms with Gasteiger partial charge < -0.3 is 19.7 Å². The number of allylic oxidation sites excluding steroid dienone is 1. The highest BCUT2D eigenvalue weighted by molar-refractivity contribution is 7.93. The molecule has 5 rings (SSSR count). The number of nitrogens with zero attached hydrogens (tertiary/aromatic N) is 3. The quantitative estimate of drug-likeness (QED) is 0.299. The van der Waals surface area contributed by atoms with Crippen molar-refractivity contribution in [3.05, 3.63) is 64.6 Å². The standard InChI is InChI=1S/C28H29ClFN3O7S/c1-17(27-21(29)3-2-4-22(27)30)13-18-5-9-24-23(14-18)33(15-20(40-24)8-10-26(35)36)41(37,38)25-16-32(19-6-7-19)31-28(25)39-12-11-34/h2-5,9,13-14,16,19-20,34H,6-8,10-12,15H2,1H3,(H,35,36)/b17-13+/t20-/m0/s1. The van der Waals surface area contributed by atoms with Crippen LogP contribution < -0.4 is 13.8 Å². The summed E-state index contributed by atoms with van der Waals surface area (Å²) in [6.07, 6.45) is 3.99. The molecule has 2 heterocycles. The van der Waals surface area contributed by atoms with Gasteiger partial charge in [-0.2, -0.15) is 0 Å². The fourth-order valence-electron chi connectivity index (χ4n) is 4.70. The summed E-state index contributed by atoms with van der Waals surface area (Å²) in [5, 5.41) is 23.0. The summed E-state index contributed by atoms with van der Waals surface area (Å²) in [7, 11) is -4.29. The summed E-state index contributed by atoms with van der Waals surface area (Å²) >= 11 is 6.24. The molecule has 1 saturated carbocycles. The number of carbonyl (C=O) groups is 1. The maximum Gasteiger partial charge on any atom is 0.303 e. The number of rotatable bonds is 11. The number of hydrogen-bond donors (Lipinski definition) is 2. The molecule has 1 aromatic heterocycles. The second-order valence-corrected chi connectivity index (χ2v) is 12.2. The number of aliphatic carboxylic acids is 1. The highest BCUT2D eigenvalue weighted by atomic mass is 35.5. The number of sulfonamides is 1. The summed E-state index contributed by atoms with van der Waals surface area (Å²) in [5.41, 5.74) is 1.56. The van der Waals surface area contributed by atoms with E-state index < -0.39 is 27.9 Å². The minimum absolute atomic E-state index is 0.0700. The van der Waals surface area contributed by atoms with E-state index in [1.54, 1.807) is 41.9 Å². The van der Waals surface area contributed by atoms with E-state index in [0.717, 1.165) is 12.8 Å². The Morgan fingerprint density at radius 2 is 2.07 bits per heavy atom. The number of anilines is 1. The van der Waals surface area contributed by atoms with Crippen molar-refractivity contribution in [1.82, 2.24) is 9.78 Å². The maximum atomic E-state index is 14.5. The predicted molar refractivity (Wildman–Crippen MR) is 150 cm³/mol. The summed E-state index contributed by atoms with van der Waals surface area (Å²) in [5.74, 6) is -1.38. The number of carboxylic acids is 1. The topological polar surface area (TPSA) is 131 Å². The zero-order valence-corrected chi connectivity index (χ0v) is 23.7. The lowest BCUT2D eigenvalue weighted by molar-refractivity contribution is -0.137. The normalized spacial score (nSPS) is 17.2. The third-order valence-corrected chi connectivity index (χ3v) is 8.90. The van der Waals surface area contributed by atoms with Crippen molar-refractivity contribution >= 4 is 44.9 Å². The molecule has 2 aliphatic rings. The fraction of sp³-hybridized carbons (Fsp3) is 0.357. The number of aromatic nitrogens is 2. The third-order valence-electron chi connectivity index (χ3n) is 6.82. The van der Waals surface area contributed by atoms with E-state index >= 15 is 0 Å². The largest absolute Gasteiger partial charge is 0.486 e. The van der Waals surface area contributed by atoms with Crippen molar-refractivity contribution in [3.8, 4) is 11.6 Å². The van der Waals surface area contributed by atoms with Crippen LogP contribution in [0, 0.1) is 5.82 Å². The molecule has 218 valence electrons. The molecular formula is C28H29ClFN3O7S. The molecule has 0 unspecified atom stereocenters. The van der Waals surface area contributed by atoms with Crippen LogP contribution >= 0.6 is 11.6 Å². The van der Waals surface area contributed by atoms with E-state index in [-0.39, 0.29) is 71.4 Å². The van der Waals surface area contributed by atoms with Crippen LogP contribution in [0.4, 0.5) is 10.1 Å². The first kappa shape index (κ1) is 28.9. The van der Waals surface area contributed by atoms with E-state index in [0.29, 0.717) is 11.1 Å². The monoisotopic (exact) mass is 605 g/mol. The van der Waals surface area contributed by atoms with Gasteiger partial charge in [0.15, 0.2) is 4.90 Å². The lowest BCUT2D eigenvalue weighted by atomic mass is 10.0. The molecule has 1 fully saturated rings. The summed E-state index contributed by atoms with van der Waals surface area (Å²) in [6, 6.07) is 9.38. The van der Waals surface area contributed by atoms with Gasteiger partial charge in [0.1, 0.15) is 24.3 Å². The molecule has 2 N–H and O–H groups in total. The predicted octanol–water partition coefficient (Wildman–Crippen LogP) is 4.76. The van der Waals surface area contributed by atoms with Gasteiger partial charge in [0.25, 0.3) is 15.9 Å². The SMILES string of the molecule is C/C(=C\c1ccc2c(c1)N(S(=O)(=O)c1cn(C3CC3)nc1OCCO)C[C@H](CCC(=O)O)O2)c1c(F)cccc1Cl. The second-order valence-electron chi connectivity index (χ2n) is 9.94. The molecular weight excluding hydrogens is 577 g/mol. The smallest absolute Gasteiger partial charge is 0.303 e. The lowest BCUT2D eigenvalue weighted by Crippen LogP contribution is -2.43. The molecule has 1 aliphatic heterocycles. The Bertz CT molecular complexity index is 1580. The molecule has 0 amide bonds. The number of ether oxygens (including phenoxy) is 2. The van der Waals surface area contributed by atoms with Gasteiger partial charge in [-0.05, 0) is 61.6 Å².